The SMILES string of the molecule is C=CCN(C(=O)OCc1ccc([N+](=O)[O-])cc1)C1CCN(CC2CC(NC(=O)Cc3ccccc3)CC2c2ccccc2)CC1. The lowest BCUT2D eigenvalue weighted by molar-refractivity contribution is -0.384. The lowest BCUT2D eigenvalue weighted by Gasteiger charge is -2.39. The van der Waals surface area contributed by atoms with E-state index in [1.807, 2.05) is 36.4 Å². The second-order valence-corrected chi connectivity index (χ2v) is 12.1. The lowest BCUT2D eigenvalue weighted by Crippen LogP contribution is -2.48. The predicted octanol–water partition coefficient (Wildman–Crippen LogP) is 6.11. The van der Waals surface area contributed by atoms with Gasteiger partial charge >= 0.3 is 6.09 Å². The van der Waals surface area contributed by atoms with E-state index in [9.17, 15) is 19.7 Å². The standard InChI is InChI=1S/C36H42N4O5/c1-2-19-39(36(42)45-26-28-13-15-33(16-14-28)40(43)44)32-17-20-38(21-18-32)25-30-23-31(24-34(30)29-11-7-4-8-12-29)37-35(41)22-27-9-5-3-6-10-27/h2-16,30-32,34H,1,17-26H2,(H,37,41). The van der Waals surface area contributed by atoms with Gasteiger partial charge in [0.15, 0.2) is 0 Å². The zero-order valence-electron chi connectivity index (χ0n) is 25.6. The lowest BCUT2D eigenvalue weighted by atomic mass is 9.88. The minimum absolute atomic E-state index is 0.00106. The molecule has 2 fully saturated rings. The molecule has 3 atom stereocenters. The first-order valence-corrected chi connectivity index (χ1v) is 15.8. The van der Waals surface area contributed by atoms with Gasteiger partial charge in [0, 0.05) is 50.4 Å². The van der Waals surface area contributed by atoms with Crippen molar-refractivity contribution in [3.63, 3.8) is 0 Å². The van der Waals surface area contributed by atoms with Crippen LogP contribution in [0.3, 0.4) is 0 Å². The van der Waals surface area contributed by atoms with Gasteiger partial charge in [0.2, 0.25) is 5.91 Å². The Balaban J connectivity index is 1.15. The molecule has 1 saturated carbocycles. The number of amides is 2. The molecule has 236 valence electrons. The first-order chi connectivity index (χ1) is 21.9. The van der Waals surface area contributed by atoms with E-state index in [2.05, 4.69) is 41.1 Å². The number of nitro benzene ring substituents is 1. The van der Waals surface area contributed by atoms with E-state index in [1.54, 1.807) is 23.1 Å². The highest BCUT2D eigenvalue weighted by Crippen LogP contribution is 2.40. The zero-order valence-corrected chi connectivity index (χ0v) is 25.6. The summed E-state index contributed by atoms with van der Waals surface area (Å²) < 4.78 is 5.60. The van der Waals surface area contributed by atoms with Crippen LogP contribution in [-0.4, -0.2) is 65.0 Å². The van der Waals surface area contributed by atoms with Gasteiger partial charge in [-0.05, 0) is 66.3 Å². The molecule has 1 saturated heterocycles. The van der Waals surface area contributed by atoms with E-state index in [4.69, 9.17) is 4.74 Å². The number of ether oxygens (including phenoxy) is 1. The maximum Gasteiger partial charge on any atom is 0.410 e. The van der Waals surface area contributed by atoms with Crippen molar-refractivity contribution in [1.29, 1.82) is 0 Å². The summed E-state index contributed by atoms with van der Waals surface area (Å²) in [5.74, 6) is 0.863. The van der Waals surface area contributed by atoms with Gasteiger partial charge in [-0.3, -0.25) is 14.9 Å². The fourth-order valence-corrected chi connectivity index (χ4v) is 6.81. The first-order valence-electron chi connectivity index (χ1n) is 15.8. The Hall–Kier alpha value is -4.50. The van der Waals surface area contributed by atoms with Crippen LogP contribution in [0.1, 0.15) is 48.3 Å². The molecule has 3 aromatic carbocycles. The second kappa shape index (κ2) is 15.5. The largest absolute Gasteiger partial charge is 0.445 e. The zero-order chi connectivity index (χ0) is 31.6. The summed E-state index contributed by atoms with van der Waals surface area (Å²) >= 11 is 0. The van der Waals surface area contributed by atoms with Crippen LogP contribution in [-0.2, 0) is 22.6 Å². The van der Waals surface area contributed by atoms with Crippen molar-refractivity contribution in [3.8, 4) is 0 Å². The molecular formula is C36H42N4O5. The number of nitrogens with zero attached hydrogens (tertiary/aromatic N) is 3. The van der Waals surface area contributed by atoms with Crippen LogP contribution in [0.15, 0.2) is 97.6 Å². The van der Waals surface area contributed by atoms with Crippen molar-refractivity contribution < 1.29 is 19.2 Å². The number of piperidine rings is 1. The molecule has 0 aromatic heterocycles. The molecule has 2 aliphatic rings. The molecule has 1 aliphatic heterocycles. The Kier molecular flexibility index (Phi) is 11.0. The third kappa shape index (κ3) is 8.79. The summed E-state index contributed by atoms with van der Waals surface area (Å²) in [6, 6.07) is 26.7. The van der Waals surface area contributed by atoms with Gasteiger partial charge in [0.25, 0.3) is 5.69 Å². The van der Waals surface area contributed by atoms with Gasteiger partial charge in [-0.15, -0.1) is 6.58 Å². The average Bonchev–Trinajstić information content (AvgIpc) is 3.45. The van der Waals surface area contributed by atoms with Gasteiger partial charge in [-0.25, -0.2) is 4.79 Å². The normalized spacial score (nSPS) is 20.3. The number of carbonyl (C=O) groups excluding carboxylic acids is 2. The van der Waals surface area contributed by atoms with Crippen LogP contribution in [0.2, 0.25) is 0 Å². The van der Waals surface area contributed by atoms with E-state index in [0.29, 0.717) is 30.4 Å². The Labute approximate surface area is 265 Å². The van der Waals surface area contributed by atoms with Crippen LogP contribution < -0.4 is 5.32 Å². The Bertz CT molecular complexity index is 1420. The molecule has 9 heteroatoms. The number of hydrogen-bond donors (Lipinski definition) is 1. The number of hydrogen-bond acceptors (Lipinski definition) is 6. The number of non-ortho nitro benzene ring substituents is 1. The molecule has 3 aromatic rings. The van der Waals surface area contributed by atoms with Crippen LogP contribution in [0.4, 0.5) is 10.5 Å². The Morgan fingerprint density at radius 3 is 2.27 bits per heavy atom. The highest BCUT2D eigenvalue weighted by molar-refractivity contribution is 5.78. The molecule has 1 N–H and O–H groups in total. The monoisotopic (exact) mass is 610 g/mol. The molecule has 2 amide bonds. The third-order valence-electron chi connectivity index (χ3n) is 9.06. The van der Waals surface area contributed by atoms with Crippen LogP contribution in [0.5, 0.6) is 0 Å². The number of carbonyl (C=O) groups is 2. The van der Waals surface area contributed by atoms with Gasteiger partial charge < -0.3 is 19.9 Å². The minimum atomic E-state index is -0.452. The topological polar surface area (TPSA) is 105 Å². The first kappa shape index (κ1) is 31.9. The van der Waals surface area contributed by atoms with Crippen molar-refractivity contribution in [1.82, 2.24) is 15.1 Å². The van der Waals surface area contributed by atoms with Crippen molar-refractivity contribution in [3.05, 3.63) is 124 Å². The van der Waals surface area contributed by atoms with Gasteiger partial charge in [0.05, 0.1) is 11.3 Å². The van der Waals surface area contributed by atoms with Gasteiger partial charge in [-0.2, -0.15) is 0 Å². The van der Waals surface area contributed by atoms with Gasteiger partial charge in [0.1, 0.15) is 6.61 Å². The molecule has 3 unspecified atom stereocenters. The molecule has 5 rings (SSSR count). The fraction of sp³-hybridized carbons (Fsp3) is 0.389. The summed E-state index contributed by atoms with van der Waals surface area (Å²) in [6.45, 7) is 6.98. The molecule has 45 heavy (non-hydrogen) atoms. The number of nitro groups is 1. The highest BCUT2D eigenvalue weighted by Gasteiger charge is 2.38. The average molecular weight is 611 g/mol. The predicted molar refractivity (Wildman–Crippen MR) is 174 cm³/mol. The van der Waals surface area contributed by atoms with E-state index in [0.717, 1.165) is 50.9 Å². The molecule has 0 radical (unpaired) electrons. The number of likely N-dealkylation sites (tertiary alicyclic amines) is 1. The van der Waals surface area contributed by atoms with Crippen molar-refractivity contribution in [2.24, 2.45) is 5.92 Å². The summed E-state index contributed by atoms with van der Waals surface area (Å²) in [5.41, 5.74) is 3.04. The molecule has 1 heterocycles. The highest BCUT2D eigenvalue weighted by atomic mass is 16.6. The van der Waals surface area contributed by atoms with E-state index >= 15 is 0 Å². The van der Waals surface area contributed by atoms with Crippen molar-refractivity contribution in [2.45, 2.75) is 56.7 Å². The summed E-state index contributed by atoms with van der Waals surface area (Å²) in [5, 5.41) is 14.2. The van der Waals surface area contributed by atoms with Crippen LogP contribution in [0, 0.1) is 16.0 Å². The third-order valence-corrected chi connectivity index (χ3v) is 9.06. The van der Waals surface area contributed by atoms with Crippen LogP contribution in [0.25, 0.3) is 0 Å². The number of benzene rings is 3. The van der Waals surface area contributed by atoms with E-state index < -0.39 is 11.0 Å². The number of rotatable bonds is 12. The van der Waals surface area contributed by atoms with Crippen molar-refractivity contribution in [2.75, 3.05) is 26.2 Å². The Morgan fingerprint density at radius 2 is 1.62 bits per heavy atom. The summed E-state index contributed by atoms with van der Waals surface area (Å²) in [6.07, 6.45) is 5.25. The van der Waals surface area contributed by atoms with Gasteiger partial charge in [-0.1, -0.05) is 66.7 Å². The molecule has 1 aliphatic carbocycles. The van der Waals surface area contributed by atoms with Crippen molar-refractivity contribution >= 4 is 17.7 Å². The second-order valence-electron chi connectivity index (χ2n) is 12.1. The van der Waals surface area contributed by atoms with E-state index in [1.165, 1.54) is 17.7 Å². The smallest absolute Gasteiger partial charge is 0.410 e. The summed E-state index contributed by atoms with van der Waals surface area (Å²) in [4.78, 5) is 40.7. The molecule has 0 bridgehead atoms. The maximum atomic E-state index is 13.1. The molecule has 0 spiro atoms. The maximum absolute atomic E-state index is 13.1. The number of nitrogens with one attached hydrogen (secondary N) is 1. The molecular weight excluding hydrogens is 568 g/mol. The van der Waals surface area contributed by atoms with Crippen LogP contribution >= 0.6 is 0 Å². The van der Waals surface area contributed by atoms with E-state index in [-0.39, 0.29) is 30.3 Å². The minimum Gasteiger partial charge on any atom is -0.445 e. The Morgan fingerprint density at radius 1 is 0.956 bits per heavy atom. The quantitative estimate of drug-likeness (QED) is 0.151. The summed E-state index contributed by atoms with van der Waals surface area (Å²) in [7, 11) is 0. The molecule has 9 nitrogen and oxygen atoms in total. The fourth-order valence-electron chi connectivity index (χ4n) is 6.81.